The fraction of sp³-hybridized carbons (Fsp3) is 0.444. The maximum Gasteiger partial charge on any atom is 0.342 e. The molecule has 1 unspecified atom stereocenters. The van der Waals surface area contributed by atoms with Crippen LogP contribution in [0, 0.1) is 0 Å². The fourth-order valence-electron chi connectivity index (χ4n) is 1.66. The zero-order valence-corrected chi connectivity index (χ0v) is 9.52. The van der Waals surface area contributed by atoms with Crippen molar-refractivity contribution in [2.24, 2.45) is 0 Å². The zero-order chi connectivity index (χ0) is 13.3. The fourth-order valence-corrected chi connectivity index (χ4v) is 1.66. The first-order valence-corrected chi connectivity index (χ1v) is 5.25. The van der Waals surface area contributed by atoms with Gasteiger partial charge in [-0.1, -0.05) is 0 Å². The highest BCUT2D eigenvalue weighted by Crippen LogP contribution is 2.13. The lowest BCUT2D eigenvalue weighted by atomic mass is 10.0. The van der Waals surface area contributed by atoms with Crippen molar-refractivity contribution >= 4 is 17.6 Å². The number of amides is 2. The molecule has 9 nitrogen and oxygen atoms in total. The molecule has 2 heterocycles. The molecule has 9 heteroatoms. The number of rotatable bonds is 2. The first kappa shape index (κ1) is 12.0. The summed E-state index contributed by atoms with van der Waals surface area (Å²) in [7, 11) is 1.38. The molecule has 2 amide bonds. The molecular formula is C9H11N5O4. The van der Waals surface area contributed by atoms with Gasteiger partial charge in [0.2, 0.25) is 11.7 Å². The van der Waals surface area contributed by atoms with E-state index in [0.717, 1.165) is 4.90 Å². The molecule has 96 valence electrons. The number of likely N-dealkylation sites (N-methyl/N-ethyl adjacent to an activating group) is 1. The average molecular weight is 253 g/mol. The number of nitrogens with zero attached hydrogens (tertiary/aromatic N) is 2. The van der Waals surface area contributed by atoms with Gasteiger partial charge in [-0.15, -0.1) is 5.10 Å². The Morgan fingerprint density at radius 1 is 1.33 bits per heavy atom. The van der Waals surface area contributed by atoms with E-state index in [9.17, 15) is 19.2 Å². The minimum absolute atomic E-state index is 0.157. The number of anilines is 1. The van der Waals surface area contributed by atoms with Gasteiger partial charge in [-0.2, -0.15) is 0 Å². The topological polar surface area (TPSA) is 128 Å². The van der Waals surface area contributed by atoms with Crippen molar-refractivity contribution in [2.45, 2.75) is 18.9 Å². The van der Waals surface area contributed by atoms with Crippen molar-refractivity contribution in [2.75, 3.05) is 12.4 Å². The molecule has 1 aromatic rings. The van der Waals surface area contributed by atoms with Crippen LogP contribution in [0.3, 0.4) is 0 Å². The smallest absolute Gasteiger partial charge is 0.342 e. The number of hydrogen-bond donors (Lipinski definition) is 3. The number of aromatic nitrogens is 3. The number of hydrogen-bond acceptors (Lipinski definition) is 6. The van der Waals surface area contributed by atoms with Gasteiger partial charge in [0.25, 0.3) is 11.5 Å². The van der Waals surface area contributed by atoms with Gasteiger partial charge >= 0.3 is 5.69 Å². The van der Waals surface area contributed by atoms with Crippen molar-refractivity contribution in [3.05, 3.63) is 20.8 Å². The number of H-pyrrole nitrogens is 2. The second-order valence-electron chi connectivity index (χ2n) is 3.88. The lowest BCUT2D eigenvalue weighted by molar-refractivity contribution is -0.146. The molecule has 0 aliphatic carbocycles. The van der Waals surface area contributed by atoms with E-state index < -0.39 is 23.2 Å². The van der Waals surface area contributed by atoms with Crippen molar-refractivity contribution in [3.63, 3.8) is 0 Å². The summed E-state index contributed by atoms with van der Waals surface area (Å²) in [5.41, 5.74) is -1.45. The summed E-state index contributed by atoms with van der Waals surface area (Å²) in [5.74, 6) is -0.851. The van der Waals surface area contributed by atoms with E-state index in [1.54, 1.807) is 0 Å². The highest BCUT2D eigenvalue weighted by molar-refractivity contribution is 6.01. The van der Waals surface area contributed by atoms with E-state index in [1.807, 2.05) is 10.1 Å². The summed E-state index contributed by atoms with van der Waals surface area (Å²) in [5, 5.41) is 8.16. The minimum Gasteiger partial charge on any atom is -0.352 e. The molecular weight excluding hydrogens is 242 g/mol. The third-order valence-corrected chi connectivity index (χ3v) is 2.67. The molecule has 0 spiro atoms. The first-order chi connectivity index (χ1) is 8.49. The molecule has 0 aromatic carbocycles. The Kier molecular flexibility index (Phi) is 2.96. The third-order valence-electron chi connectivity index (χ3n) is 2.67. The summed E-state index contributed by atoms with van der Waals surface area (Å²) in [6.45, 7) is 0. The quantitative estimate of drug-likeness (QED) is 0.524. The second-order valence-corrected chi connectivity index (χ2v) is 3.88. The van der Waals surface area contributed by atoms with Gasteiger partial charge in [0.1, 0.15) is 6.04 Å². The van der Waals surface area contributed by atoms with Crippen LogP contribution in [0.25, 0.3) is 0 Å². The molecule has 0 bridgehead atoms. The van der Waals surface area contributed by atoms with Crippen molar-refractivity contribution in [1.82, 2.24) is 20.1 Å². The number of nitrogens with one attached hydrogen (secondary N) is 3. The van der Waals surface area contributed by atoms with Crippen LogP contribution < -0.4 is 16.6 Å². The SMILES string of the molecule is CN1C(=O)CCC(Nc2n[nH]c(=O)[nH]c2=O)C1=O. The van der Waals surface area contributed by atoms with E-state index in [1.165, 1.54) is 7.05 Å². The van der Waals surface area contributed by atoms with E-state index in [2.05, 4.69) is 10.4 Å². The Morgan fingerprint density at radius 2 is 2.06 bits per heavy atom. The molecule has 18 heavy (non-hydrogen) atoms. The summed E-state index contributed by atoms with van der Waals surface area (Å²) in [6.07, 6.45) is 0.490. The van der Waals surface area contributed by atoms with Crippen LogP contribution in [0.4, 0.5) is 5.82 Å². The van der Waals surface area contributed by atoms with Crippen molar-refractivity contribution in [3.8, 4) is 0 Å². The number of carbonyl (C=O) groups excluding carboxylic acids is 2. The van der Waals surface area contributed by atoms with Crippen LogP contribution in [0.1, 0.15) is 12.8 Å². The zero-order valence-electron chi connectivity index (χ0n) is 9.52. The second kappa shape index (κ2) is 4.43. The van der Waals surface area contributed by atoms with Crippen LogP contribution in [-0.4, -0.2) is 45.0 Å². The molecule has 2 rings (SSSR count). The van der Waals surface area contributed by atoms with Crippen molar-refractivity contribution in [1.29, 1.82) is 0 Å². The summed E-state index contributed by atoms with van der Waals surface area (Å²) in [4.78, 5) is 48.1. The van der Waals surface area contributed by atoms with Crippen LogP contribution in [-0.2, 0) is 9.59 Å². The normalized spacial score (nSPS) is 20.1. The molecule has 0 saturated carbocycles. The Labute approximate surface area is 100 Å². The molecule has 1 aromatic heterocycles. The molecule has 1 aliphatic rings. The minimum atomic E-state index is -0.729. The highest BCUT2D eigenvalue weighted by Gasteiger charge is 2.32. The standard InChI is InChI=1S/C9H11N5O4/c1-14-5(15)3-2-4(8(14)17)10-6-7(16)11-9(18)13-12-6/h4H,2-3H2,1H3,(H,10,12)(H2,11,13,16,18). The van der Waals surface area contributed by atoms with Gasteiger partial charge in [-0.3, -0.25) is 24.3 Å². The molecule has 1 aliphatic heterocycles. The maximum absolute atomic E-state index is 11.7. The lowest BCUT2D eigenvalue weighted by Crippen LogP contribution is -2.49. The van der Waals surface area contributed by atoms with E-state index in [-0.39, 0.29) is 24.6 Å². The first-order valence-electron chi connectivity index (χ1n) is 5.25. The van der Waals surface area contributed by atoms with Crippen LogP contribution in [0.15, 0.2) is 9.59 Å². The maximum atomic E-state index is 11.7. The molecule has 3 N–H and O–H groups in total. The van der Waals surface area contributed by atoms with Crippen LogP contribution in [0.2, 0.25) is 0 Å². The van der Waals surface area contributed by atoms with Gasteiger partial charge in [0.15, 0.2) is 0 Å². The van der Waals surface area contributed by atoms with Gasteiger partial charge in [0.05, 0.1) is 0 Å². The Hall–Kier alpha value is -2.45. The summed E-state index contributed by atoms with van der Waals surface area (Å²) < 4.78 is 0. The van der Waals surface area contributed by atoms with Crippen molar-refractivity contribution < 1.29 is 9.59 Å². The average Bonchev–Trinajstić information content (AvgIpc) is 2.33. The van der Waals surface area contributed by atoms with Gasteiger partial charge < -0.3 is 5.32 Å². The van der Waals surface area contributed by atoms with Gasteiger partial charge in [-0.25, -0.2) is 9.89 Å². The predicted octanol–water partition coefficient (Wildman–Crippen LogP) is -1.98. The summed E-state index contributed by atoms with van der Waals surface area (Å²) in [6, 6.07) is -0.702. The number of imide groups is 1. The number of likely N-dealkylation sites (tertiary alicyclic amines) is 1. The third kappa shape index (κ3) is 2.14. The largest absolute Gasteiger partial charge is 0.352 e. The van der Waals surface area contributed by atoms with Crippen LogP contribution >= 0.6 is 0 Å². The summed E-state index contributed by atoms with van der Waals surface area (Å²) >= 11 is 0. The monoisotopic (exact) mass is 253 g/mol. The highest BCUT2D eigenvalue weighted by atomic mass is 16.2. The van der Waals surface area contributed by atoms with Crippen LogP contribution in [0.5, 0.6) is 0 Å². The molecule has 1 saturated heterocycles. The lowest BCUT2D eigenvalue weighted by Gasteiger charge is -2.27. The van der Waals surface area contributed by atoms with Gasteiger partial charge in [0, 0.05) is 13.5 Å². The number of piperidine rings is 1. The number of carbonyl (C=O) groups is 2. The number of aromatic amines is 2. The molecule has 1 fully saturated rings. The van der Waals surface area contributed by atoms with E-state index in [0.29, 0.717) is 0 Å². The Morgan fingerprint density at radius 3 is 2.72 bits per heavy atom. The molecule has 0 radical (unpaired) electrons. The molecule has 1 atom stereocenters. The predicted molar refractivity (Wildman–Crippen MR) is 59.9 cm³/mol. The van der Waals surface area contributed by atoms with Gasteiger partial charge in [-0.05, 0) is 6.42 Å². The van der Waals surface area contributed by atoms with E-state index >= 15 is 0 Å². The Balaban J connectivity index is 2.19. The van der Waals surface area contributed by atoms with E-state index in [4.69, 9.17) is 0 Å². The Bertz CT molecular complexity index is 603.